The number of aromatic nitrogens is 2. The molecule has 4 unspecified atom stereocenters. The molecule has 2 bridgehead atoms. The zero-order valence-electron chi connectivity index (χ0n) is 25.2. The number of aliphatic carboxylic acids is 1. The van der Waals surface area contributed by atoms with E-state index in [4.69, 9.17) is 9.84 Å². The molecule has 0 radical (unpaired) electrons. The molecule has 3 aliphatic carbocycles. The highest BCUT2D eigenvalue weighted by Gasteiger charge is 2.52. The van der Waals surface area contributed by atoms with Gasteiger partial charge in [0.25, 0.3) is 5.91 Å². The van der Waals surface area contributed by atoms with Gasteiger partial charge in [-0.2, -0.15) is 5.10 Å². The van der Waals surface area contributed by atoms with Crippen molar-refractivity contribution in [3.05, 3.63) is 53.0 Å². The smallest absolute Gasteiger partial charge is 0.317 e. The van der Waals surface area contributed by atoms with Gasteiger partial charge in [-0.05, 0) is 80.2 Å². The minimum atomic E-state index is -1.11. The largest absolute Gasteiger partial charge is 0.480 e. The maximum atomic E-state index is 14.4. The Hall–Kier alpha value is -3.77. The molecule has 3 heterocycles. The number of alkyl halides is 1. The van der Waals surface area contributed by atoms with Crippen LogP contribution < -0.4 is 15.5 Å². The Morgan fingerprint density at radius 1 is 1.16 bits per heavy atom. The van der Waals surface area contributed by atoms with E-state index in [1.165, 1.54) is 0 Å². The summed E-state index contributed by atoms with van der Waals surface area (Å²) in [5.41, 5.74) is 3.50. The Morgan fingerprint density at radius 2 is 1.96 bits per heavy atom. The van der Waals surface area contributed by atoms with Gasteiger partial charge in [0.2, 0.25) is 0 Å². The van der Waals surface area contributed by atoms with Gasteiger partial charge < -0.3 is 25.4 Å². The van der Waals surface area contributed by atoms with Crippen LogP contribution in [0.3, 0.4) is 0 Å². The zero-order valence-corrected chi connectivity index (χ0v) is 25.2. The van der Waals surface area contributed by atoms with E-state index in [1.807, 2.05) is 29.2 Å². The monoisotopic (exact) mass is 622 g/mol. The van der Waals surface area contributed by atoms with Gasteiger partial charge in [-0.25, -0.2) is 8.78 Å². The summed E-state index contributed by atoms with van der Waals surface area (Å²) in [7, 11) is 0. The number of benzene rings is 1. The molecule has 5 aliphatic rings. The molecule has 45 heavy (non-hydrogen) atoms. The molecule has 2 saturated heterocycles. The zero-order chi connectivity index (χ0) is 31.1. The van der Waals surface area contributed by atoms with Crippen molar-refractivity contribution in [3.63, 3.8) is 0 Å². The Morgan fingerprint density at radius 3 is 2.69 bits per heavy atom. The maximum absolute atomic E-state index is 14.4. The van der Waals surface area contributed by atoms with Crippen molar-refractivity contribution in [2.75, 3.05) is 61.5 Å². The molecule has 1 aromatic carbocycles. The molecule has 2 aromatic rings. The first kappa shape index (κ1) is 29.9. The highest BCUT2D eigenvalue weighted by molar-refractivity contribution is 6.08. The fourth-order valence-corrected chi connectivity index (χ4v) is 7.88. The number of carbonyl (C=O) groups is 2. The summed E-state index contributed by atoms with van der Waals surface area (Å²) in [6.07, 6.45) is 8.45. The summed E-state index contributed by atoms with van der Waals surface area (Å²) in [4.78, 5) is 29.1. The van der Waals surface area contributed by atoms with Crippen LogP contribution in [-0.4, -0.2) is 90.2 Å². The van der Waals surface area contributed by atoms with Crippen LogP contribution in [0.1, 0.15) is 53.7 Å². The van der Waals surface area contributed by atoms with E-state index in [2.05, 4.69) is 31.8 Å². The second kappa shape index (κ2) is 12.2. The number of H-pyrrole nitrogens is 1. The number of hydrogen-bond donors (Lipinski definition) is 4. The first-order chi connectivity index (χ1) is 21.7. The van der Waals surface area contributed by atoms with Crippen molar-refractivity contribution in [1.29, 1.82) is 0 Å². The predicted molar refractivity (Wildman–Crippen MR) is 167 cm³/mol. The molecule has 1 aromatic heterocycles. The lowest BCUT2D eigenvalue weighted by molar-refractivity contribution is -0.138. The number of carboxylic acid groups (broad SMARTS) is 1. The predicted octanol–water partition coefficient (Wildman–Crippen LogP) is 4.64. The van der Waals surface area contributed by atoms with E-state index in [1.54, 1.807) is 6.08 Å². The number of hydrogen-bond acceptors (Lipinski definition) is 7. The topological polar surface area (TPSA) is 123 Å². The van der Waals surface area contributed by atoms with E-state index in [0.717, 1.165) is 35.5 Å². The van der Waals surface area contributed by atoms with Crippen LogP contribution >= 0.6 is 0 Å². The molecule has 3 fully saturated rings. The minimum Gasteiger partial charge on any atom is -0.480 e. The summed E-state index contributed by atoms with van der Waals surface area (Å²) in [5.74, 6) is -1.44. The first-order valence-electron chi connectivity index (χ1n) is 16.0. The molecule has 4 N–H and O–H groups in total. The Labute approximate surface area is 260 Å². The SMILES string of the molecule is O=C(O)CN1CCN(c2ccc(C(=O)Nc3n[nH]c4c3CC(CC35C=C(F)C(C3)C(F)C5)C=C4)c(NC3CCOCC3)c2)CC1. The molecular weight excluding hydrogens is 582 g/mol. The van der Waals surface area contributed by atoms with Crippen LogP contribution in [-0.2, 0) is 16.0 Å². The van der Waals surface area contributed by atoms with Crippen LogP contribution in [0, 0.1) is 17.3 Å². The van der Waals surface area contributed by atoms with E-state index in [9.17, 15) is 18.4 Å². The number of carbonyl (C=O) groups excluding carboxylic acids is 1. The van der Waals surface area contributed by atoms with Crippen molar-refractivity contribution < 1.29 is 28.2 Å². The molecule has 1 amide bonds. The van der Waals surface area contributed by atoms with Gasteiger partial charge in [0.1, 0.15) is 12.0 Å². The number of anilines is 3. The number of piperazine rings is 1. The summed E-state index contributed by atoms with van der Waals surface area (Å²) in [6.45, 7) is 4.05. The minimum absolute atomic E-state index is 0.0337. The van der Waals surface area contributed by atoms with Gasteiger partial charge >= 0.3 is 5.97 Å². The number of ether oxygens (including phenoxy) is 1. The van der Waals surface area contributed by atoms with Crippen LogP contribution in [0.2, 0.25) is 0 Å². The number of halogens is 2. The highest BCUT2D eigenvalue weighted by atomic mass is 19.1. The average molecular weight is 623 g/mol. The van der Waals surface area contributed by atoms with E-state index in [-0.39, 0.29) is 30.2 Å². The van der Waals surface area contributed by atoms with E-state index in [0.29, 0.717) is 76.5 Å². The van der Waals surface area contributed by atoms with Gasteiger partial charge in [-0.1, -0.05) is 6.08 Å². The van der Waals surface area contributed by atoms with Crippen molar-refractivity contribution in [2.45, 2.75) is 50.7 Å². The number of fused-ring (bicyclic) bond motifs is 3. The number of rotatable bonds is 9. The highest BCUT2D eigenvalue weighted by Crippen LogP contribution is 2.57. The Kier molecular flexibility index (Phi) is 8.11. The van der Waals surface area contributed by atoms with Gasteiger partial charge in [-0.3, -0.25) is 19.6 Å². The van der Waals surface area contributed by atoms with Gasteiger partial charge in [-0.15, -0.1) is 0 Å². The number of allylic oxidation sites excluding steroid dienone is 3. The van der Waals surface area contributed by atoms with Gasteiger partial charge in [0.05, 0.1) is 17.8 Å². The van der Waals surface area contributed by atoms with Crippen LogP contribution in [0.25, 0.3) is 6.08 Å². The molecular formula is C33H40F2N6O4. The van der Waals surface area contributed by atoms with E-state index >= 15 is 0 Å². The second-order valence-corrected chi connectivity index (χ2v) is 13.3. The number of nitrogens with one attached hydrogen (secondary N) is 3. The third-order valence-corrected chi connectivity index (χ3v) is 10.2. The molecule has 4 atom stereocenters. The quantitative estimate of drug-likeness (QED) is 0.319. The van der Waals surface area contributed by atoms with Crippen LogP contribution in [0.15, 0.2) is 36.2 Å². The van der Waals surface area contributed by atoms with Gasteiger partial charge in [0.15, 0.2) is 5.82 Å². The number of carboxylic acids is 1. The van der Waals surface area contributed by atoms with Crippen molar-refractivity contribution in [2.24, 2.45) is 17.3 Å². The summed E-state index contributed by atoms with van der Waals surface area (Å²) < 4.78 is 34.2. The average Bonchev–Trinajstić information content (AvgIpc) is 3.67. The first-order valence-corrected chi connectivity index (χ1v) is 16.0. The van der Waals surface area contributed by atoms with Crippen molar-refractivity contribution in [1.82, 2.24) is 15.1 Å². The van der Waals surface area contributed by atoms with Crippen LogP contribution in [0.4, 0.5) is 26.0 Å². The summed E-state index contributed by atoms with van der Waals surface area (Å²) >= 11 is 0. The second-order valence-electron chi connectivity index (χ2n) is 13.3. The van der Waals surface area contributed by atoms with Crippen molar-refractivity contribution in [3.8, 4) is 0 Å². The molecule has 240 valence electrons. The lowest BCUT2D eigenvalue weighted by Crippen LogP contribution is -2.48. The summed E-state index contributed by atoms with van der Waals surface area (Å²) in [5, 5.41) is 23.2. The van der Waals surface area contributed by atoms with E-state index < -0.39 is 23.5 Å². The third-order valence-electron chi connectivity index (χ3n) is 10.2. The lowest BCUT2D eigenvalue weighted by atomic mass is 9.75. The lowest BCUT2D eigenvalue weighted by Gasteiger charge is -2.35. The number of amides is 1. The Balaban J connectivity index is 1.07. The molecule has 10 nitrogen and oxygen atoms in total. The fraction of sp³-hybridized carbons (Fsp3) is 0.545. The molecule has 1 saturated carbocycles. The molecule has 0 spiro atoms. The van der Waals surface area contributed by atoms with Crippen molar-refractivity contribution >= 4 is 35.1 Å². The summed E-state index contributed by atoms with van der Waals surface area (Å²) in [6, 6.07) is 5.96. The molecule has 2 aliphatic heterocycles. The molecule has 12 heteroatoms. The normalized spacial score (nSPS) is 28.2. The Bertz CT molecular complexity index is 1510. The third kappa shape index (κ3) is 6.22. The maximum Gasteiger partial charge on any atom is 0.317 e. The fourth-order valence-electron chi connectivity index (χ4n) is 7.88. The number of aromatic amines is 1. The van der Waals surface area contributed by atoms with Crippen LogP contribution in [0.5, 0.6) is 0 Å². The molecule has 7 rings (SSSR count). The van der Waals surface area contributed by atoms with Gasteiger partial charge in [0, 0.05) is 68.3 Å². The standard InChI is InChI=1S/C33H40F2N6O4/c34-26-17-33(16-25(26)27(35)18-33)15-20-1-4-28-24(13-20)31(39-38-28)37-32(44)23-3-2-22(14-29(23)36-21-5-11-45-12-6-21)41-9-7-40(8-10-41)19-30(42)43/h1-4,14,17,20-21,25,27,36H,5-13,15-16,18-19H2,(H,42,43)(H2,37,38,39,44). The number of nitrogens with zero attached hydrogens (tertiary/aromatic N) is 3.